The van der Waals surface area contributed by atoms with Crippen molar-refractivity contribution in [3.63, 3.8) is 0 Å². The van der Waals surface area contributed by atoms with E-state index in [2.05, 4.69) is 5.32 Å². The quantitative estimate of drug-likeness (QED) is 0.821. The number of hydrogen-bond acceptors (Lipinski definition) is 3. The molecule has 8 heteroatoms. The Balaban J connectivity index is 2.77. The molecular weight excluding hydrogens is 293 g/mol. The summed E-state index contributed by atoms with van der Waals surface area (Å²) in [5, 5.41) is 2.35. The van der Waals surface area contributed by atoms with Gasteiger partial charge in [-0.1, -0.05) is 12.2 Å². The lowest BCUT2D eigenvalue weighted by Gasteiger charge is -2.12. The smallest absolute Gasteiger partial charge is 0.389 e. The summed E-state index contributed by atoms with van der Waals surface area (Å²) in [5.74, 6) is -0.473. The van der Waals surface area contributed by atoms with Crippen LogP contribution >= 0.6 is 12.2 Å². The molecule has 0 bridgehead atoms. The number of rotatable bonds is 5. The molecule has 0 atom stereocenters. The summed E-state index contributed by atoms with van der Waals surface area (Å²) in [4.78, 5) is 11.6. The second-order valence-electron chi connectivity index (χ2n) is 3.94. The van der Waals surface area contributed by atoms with Crippen LogP contribution in [0.5, 0.6) is 5.75 Å². The summed E-state index contributed by atoms with van der Waals surface area (Å²) < 4.78 is 41.1. The molecule has 0 aliphatic heterocycles. The number of nitrogens with one attached hydrogen (secondary N) is 1. The summed E-state index contributed by atoms with van der Waals surface area (Å²) in [6.07, 6.45) is -6.19. The number of anilines is 1. The number of hydrogen-bond donors (Lipinski definition) is 2. The highest BCUT2D eigenvalue weighted by Crippen LogP contribution is 2.27. The maximum Gasteiger partial charge on any atom is 0.389 e. The Hall–Kier alpha value is -1.83. The molecule has 0 radical (unpaired) electrons. The van der Waals surface area contributed by atoms with E-state index in [-0.39, 0.29) is 16.4 Å². The van der Waals surface area contributed by atoms with Crippen LogP contribution < -0.4 is 15.8 Å². The highest BCUT2D eigenvalue weighted by molar-refractivity contribution is 7.80. The molecule has 0 heterocycles. The number of benzene rings is 1. The number of thiocarbonyl (C=S) groups is 1. The van der Waals surface area contributed by atoms with E-state index in [1.807, 2.05) is 0 Å². The molecule has 1 amide bonds. The van der Waals surface area contributed by atoms with Gasteiger partial charge in [0.15, 0.2) is 0 Å². The number of carbonyl (C=O) groups excluding carboxylic acids is 1. The first-order valence-corrected chi connectivity index (χ1v) is 5.98. The molecule has 0 unspecified atom stereocenters. The second kappa shape index (κ2) is 6.56. The van der Waals surface area contributed by atoms with E-state index in [0.717, 1.165) is 0 Å². The third-order valence-corrected chi connectivity index (χ3v) is 2.63. The van der Waals surface area contributed by atoms with Crippen molar-refractivity contribution >= 4 is 28.8 Å². The highest BCUT2D eigenvalue weighted by Gasteiger charge is 2.28. The number of carbonyl (C=O) groups is 1. The average molecular weight is 306 g/mol. The first-order chi connectivity index (χ1) is 9.23. The molecule has 0 aromatic heterocycles. The number of halogens is 3. The Morgan fingerprint density at radius 3 is 2.60 bits per heavy atom. The van der Waals surface area contributed by atoms with Crippen molar-refractivity contribution in [1.29, 1.82) is 0 Å². The molecule has 1 aromatic carbocycles. The lowest BCUT2D eigenvalue weighted by Crippen LogP contribution is -2.17. The van der Waals surface area contributed by atoms with E-state index in [0.29, 0.717) is 5.56 Å². The zero-order valence-electron chi connectivity index (χ0n) is 10.6. The first kappa shape index (κ1) is 16.2. The van der Waals surface area contributed by atoms with Crippen LogP contribution in [-0.2, 0) is 4.79 Å². The van der Waals surface area contributed by atoms with E-state index in [9.17, 15) is 18.0 Å². The molecule has 0 saturated heterocycles. The average Bonchev–Trinajstić information content (AvgIpc) is 2.35. The summed E-state index contributed by atoms with van der Waals surface area (Å²) in [6.45, 7) is 0. The van der Waals surface area contributed by atoms with Gasteiger partial charge in [-0.2, -0.15) is 13.2 Å². The van der Waals surface area contributed by atoms with Gasteiger partial charge in [0.05, 0.1) is 19.2 Å². The summed E-state index contributed by atoms with van der Waals surface area (Å²) in [6, 6.07) is 4.52. The van der Waals surface area contributed by atoms with Gasteiger partial charge in [-0.3, -0.25) is 4.79 Å². The van der Waals surface area contributed by atoms with Crippen LogP contribution in [0.1, 0.15) is 18.4 Å². The molecule has 0 aliphatic rings. The van der Waals surface area contributed by atoms with Gasteiger partial charge in [0.25, 0.3) is 0 Å². The van der Waals surface area contributed by atoms with Crippen LogP contribution in [0, 0.1) is 0 Å². The number of methoxy groups -OCH3 is 1. The van der Waals surface area contributed by atoms with Crippen molar-refractivity contribution < 1.29 is 22.7 Å². The highest BCUT2D eigenvalue weighted by atomic mass is 32.1. The van der Waals surface area contributed by atoms with E-state index in [4.69, 9.17) is 22.7 Å². The van der Waals surface area contributed by atoms with Crippen molar-refractivity contribution in [2.75, 3.05) is 12.4 Å². The molecular formula is C12H13F3N2O2S. The van der Waals surface area contributed by atoms with Crippen LogP contribution in [-0.4, -0.2) is 24.2 Å². The molecule has 1 rings (SSSR count). The number of nitrogens with two attached hydrogens (primary N) is 1. The normalized spacial score (nSPS) is 11.0. The third-order valence-electron chi connectivity index (χ3n) is 2.40. The maximum absolute atomic E-state index is 12.0. The Morgan fingerprint density at radius 2 is 2.10 bits per heavy atom. The van der Waals surface area contributed by atoms with E-state index in [1.54, 1.807) is 6.07 Å². The molecule has 20 heavy (non-hydrogen) atoms. The lowest BCUT2D eigenvalue weighted by molar-refractivity contribution is -0.142. The van der Waals surface area contributed by atoms with E-state index in [1.165, 1.54) is 19.2 Å². The maximum atomic E-state index is 12.0. The van der Waals surface area contributed by atoms with Crippen LogP contribution in [0.4, 0.5) is 18.9 Å². The monoisotopic (exact) mass is 306 g/mol. The molecule has 1 aromatic rings. The third kappa shape index (κ3) is 5.04. The SMILES string of the molecule is COc1cc(C(N)=S)ccc1NC(=O)CCC(F)(F)F. The van der Waals surface area contributed by atoms with Gasteiger partial charge in [-0.25, -0.2) is 0 Å². The van der Waals surface area contributed by atoms with E-state index >= 15 is 0 Å². The minimum Gasteiger partial charge on any atom is -0.495 e. The minimum atomic E-state index is -4.36. The molecule has 4 nitrogen and oxygen atoms in total. The topological polar surface area (TPSA) is 64.3 Å². The minimum absolute atomic E-state index is 0.151. The number of alkyl halides is 3. The Morgan fingerprint density at radius 1 is 1.45 bits per heavy atom. The molecule has 0 saturated carbocycles. The first-order valence-electron chi connectivity index (χ1n) is 5.57. The summed E-state index contributed by atoms with van der Waals surface area (Å²) in [5.41, 5.74) is 6.24. The summed E-state index contributed by atoms with van der Waals surface area (Å²) in [7, 11) is 1.37. The van der Waals surface area contributed by atoms with Gasteiger partial charge in [0.2, 0.25) is 5.91 Å². The zero-order chi connectivity index (χ0) is 15.3. The number of amides is 1. The molecule has 0 spiro atoms. The van der Waals surface area contributed by atoms with Gasteiger partial charge in [0.1, 0.15) is 10.7 Å². The molecule has 0 fully saturated rings. The van der Waals surface area contributed by atoms with Crippen molar-refractivity contribution in [1.82, 2.24) is 0 Å². The van der Waals surface area contributed by atoms with E-state index < -0.39 is 24.9 Å². The Labute approximate surface area is 119 Å². The van der Waals surface area contributed by atoms with Gasteiger partial charge < -0.3 is 15.8 Å². The van der Waals surface area contributed by atoms with Crippen molar-refractivity contribution in [2.24, 2.45) is 5.73 Å². The predicted octanol–water partition coefficient (Wildman–Crippen LogP) is 2.61. The van der Waals surface area contributed by atoms with Crippen LogP contribution in [0.2, 0.25) is 0 Å². The predicted molar refractivity (Wildman–Crippen MR) is 72.8 cm³/mol. The van der Waals surface area contributed by atoms with Crippen LogP contribution in [0.25, 0.3) is 0 Å². The molecule has 3 N–H and O–H groups in total. The van der Waals surface area contributed by atoms with Crippen molar-refractivity contribution in [3.05, 3.63) is 23.8 Å². The standard InChI is InChI=1S/C12H13F3N2O2S/c1-19-9-6-7(11(16)20)2-3-8(9)17-10(18)4-5-12(13,14)15/h2-3,6H,4-5H2,1H3,(H2,16,20)(H,17,18). The zero-order valence-corrected chi connectivity index (χ0v) is 11.4. The van der Waals surface area contributed by atoms with Crippen LogP contribution in [0.3, 0.4) is 0 Å². The summed E-state index contributed by atoms with van der Waals surface area (Å²) >= 11 is 4.79. The van der Waals surface area contributed by atoms with Crippen LogP contribution in [0.15, 0.2) is 18.2 Å². The Bertz CT molecular complexity index is 518. The largest absolute Gasteiger partial charge is 0.495 e. The van der Waals surface area contributed by atoms with Crippen molar-refractivity contribution in [2.45, 2.75) is 19.0 Å². The van der Waals surface area contributed by atoms with Gasteiger partial charge in [-0.15, -0.1) is 0 Å². The van der Waals surface area contributed by atoms with Gasteiger partial charge in [-0.05, 0) is 18.2 Å². The van der Waals surface area contributed by atoms with Crippen molar-refractivity contribution in [3.8, 4) is 5.75 Å². The number of ether oxygens (including phenoxy) is 1. The Kier molecular flexibility index (Phi) is 5.32. The lowest BCUT2D eigenvalue weighted by atomic mass is 10.2. The molecule has 110 valence electrons. The van der Waals surface area contributed by atoms with Gasteiger partial charge >= 0.3 is 6.18 Å². The fourth-order valence-corrected chi connectivity index (χ4v) is 1.54. The van der Waals surface area contributed by atoms with Gasteiger partial charge in [0, 0.05) is 12.0 Å². The second-order valence-corrected chi connectivity index (χ2v) is 4.38. The fourth-order valence-electron chi connectivity index (χ4n) is 1.42. The fraction of sp³-hybridized carbons (Fsp3) is 0.333. The molecule has 0 aliphatic carbocycles.